The Labute approximate surface area is 126 Å². The Kier molecular flexibility index (Phi) is 4.44. The van der Waals surface area contributed by atoms with Gasteiger partial charge in [-0.3, -0.25) is 0 Å². The summed E-state index contributed by atoms with van der Waals surface area (Å²) < 4.78 is 48.8. The summed E-state index contributed by atoms with van der Waals surface area (Å²) in [7, 11) is -7.36. The molecule has 2 rings (SSSR count). The lowest BCUT2D eigenvalue weighted by molar-refractivity contribution is 0.582. The van der Waals surface area contributed by atoms with Gasteiger partial charge in [-0.15, -0.1) is 11.3 Å². The van der Waals surface area contributed by atoms with Crippen LogP contribution in [0.25, 0.3) is 0 Å². The van der Waals surface area contributed by atoms with Crippen molar-refractivity contribution in [2.75, 3.05) is 0 Å². The SMILES string of the molecule is Cc1ncc(S(=O)(=O)NCc2ccc(S(N)(=O)=O)cc2)s1. The molecule has 1 aromatic heterocycles. The topological polar surface area (TPSA) is 119 Å². The van der Waals surface area contributed by atoms with Crippen molar-refractivity contribution in [1.82, 2.24) is 9.71 Å². The summed E-state index contributed by atoms with van der Waals surface area (Å²) in [6.45, 7) is 1.76. The van der Waals surface area contributed by atoms with Crippen LogP contribution in [0.1, 0.15) is 10.6 Å². The van der Waals surface area contributed by atoms with Crippen LogP contribution in [-0.4, -0.2) is 21.8 Å². The normalized spacial score (nSPS) is 12.5. The number of hydrogen-bond donors (Lipinski definition) is 2. The van der Waals surface area contributed by atoms with Gasteiger partial charge in [0.1, 0.15) is 0 Å². The van der Waals surface area contributed by atoms with Crippen LogP contribution in [0.3, 0.4) is 0 Å². The van der Waals surface area contributed by atoms with Crippen LogP contribution in [-0.2, 0) is 26.6 Å². The van der Waals surface area contributed by atoms with Gasteiger partial charge in [-0.1, -0.05) is 12.1 Å². The van der Waals surface area contributed by atoms with Crippen LogP contribution in [0.5, 0.6) is 0 Å². The second-order valence-corrected chi connectivity index (χ2v) is 9.00. The highest BCUT2D eigenvalue weighted by Gasteiger charge is 2.16. The third-order valence-corrected chi connectivity index (χ3v) is 6.29. The predicted octanol–water partition coefficient (Wildman–Crippen LogP) is 0.577. The van der Waals surface area contributed by atoms with Crippen LogP contribution in [0.4, 0.5) is 0 Å². The fraction of sp³-hybridized carbons (Fsp3) is 0.182. The van der Waals surface area contributed by atoms with Crippen molar-refractivity contribution in [3.05, 3.63) is 41.0 Å². The zero-order valence-corrected chi connectivity index (χ0v) is 13.4. The first-order chi connectivity index (χ1) is 9.68. The van der Waals surface area contributed by atoms with Crippen LogP contribution < -0.4 is 9.86 Å². The molecule has 2 aromatic rings. The van der Waals surface area contributed by atoms with Crippen LogP contribution in [0.2, 0.25) is 0 Å². The highest BCUT2D eigenvalue weighted by Crippen LogP contribution is 2.18. The number of thiazole rings is 1. The van der Waals surface area contributed by atoms with E-state index in [1.807, 2.05) is 0 Å². The highest BCUT2D eigenvalue weighted by atomic mass is 32.2. The maximum Gasteiger partial charge on any atom is 0.251 e. The fourth-order valence-electron chi connectivity index (χ4n) is 1.51. The Morgan fingerprint density at radius 2 is 1.81 bits per heavy atom. The van der Waals surface area contributed by atoms with Crippen LogP contribution in [0, 0.1) is 6.92 Å². The Hall–Kier alpha value is -1.33. The molecule has 1 heterocycles. The number of sulfonamides is 2. The molecule has 114 valence electrons. The van der Waals surface area contributed by atoms with Gasteiger partial charge in [-0.25, -0.2) is 31.7 Å². The standard InChI is InChI=1S/C11H13N3O4S3/c1-8-13-7-11(19-8)21(17,18)14-6-9-2-4-10(5-3-9)20(12,15)16/h2-5,7,14H,6H2,1H3,(H2,12,15,16). The zero-order valence-electron chi connectivity index (χ0n) is 11.0. The lowest BCUT2D eigenvalue weighted by atomic mass is 10.2. The molecule has 0 saturated heterocycles. The Bertz CT molecular complexity index is 839. The molecule has 3 N–H and O–H groups in total. The molecule has 0 fully saturated rings. The summed E-state index contributed by atoms with van der Waals surface area (Å²) in [6.07, 6.45) is 1.30. The van der Waals surface area contributed by atoms with Gasteiger partial charge in [-0.05, 0) is 24.6 Å². The first-order valence-electron chi connectivity index (χ1n) is 5.72. The van der Waals surface area contributed by atoms with Crippen molar-refractivity contribution >= 4 is 31.4 Å². The van der Waals surface area contributed by atoms with Gasteiger partial charge in [0, 0.05) is 6.54 Å². The van der Waals surface area contributed by atoms with E-state index in [1.54, 1.807) is 6.92 Å². The van der Waals surface area contributed by atoms with E-state index in [2.05, 4.69) is 9.71 Å². The number of primary sulfonamides is 1. The second kappa shape index (κ2) is 5.81. The van der Waals surface area contributed by atoms with E-state index in [4.69, 9.17) is 5.14 Å². The molecule has 10 heteroatoms. The van der Waals surface area contributed by atoms with E-state index in [0.717, 1.165) is 11.3 Å². The number of aryl methyl sites for hydroxylation is 1. The molecule has 0 radical (unpaired) electrons. The van der Waals surface area contributed by atoms with E-state index in [0.29, 0.717) is 10.6 Å². The second-order valence-electron chi connectivity index (χ2n) is 4.21. The predicted molar refractivity (Wildman–Crippen MR) is 78.7 cm³/mol. The Morgan fingerprint density at radius 3 is 2.29 bits per heavy atom. The number of hydrogen-bond acceptors (Lipinski definition) is 6. The number of rotatable bonds is 5. The van der Waals surface area contributed by atoms with Gasteiger partial charge >= 0.3 is 0 Å². The van der Waals surface area contributed by atoms with Crippen LogP contribution >= 0.6 is 11.3 Å². The minimum Gasteiger partial charge on any atom is -0.249 e. The van der Waals surface area contributed by atoms with Gasteiger partial charge in [0.2, 0.25) is 10.0 Å². The average Bonchev–Trinajstić information content (AvgIpc) is 2.83. The lowest BCUT2D eigenvalue weighted by Gasteiger charge is -2.05. The van der Waals surface area contributed by atoms with Gasteiger partial charge in [-0.2, -0.15) is 0 Å². The van der Waals surface area contributed by atoms with Crippen molar-refractivity contribution in [3.8, 4) is 0 Å². The summed E-state index contributed by atoms with van der Waals surface area (Å²) in [5.74, 6) is 0. The van der Waals surface area contributed by atoms with Crippen molar-refractivity contribution in [1.29, 1.82) is 0 Å². The van der Waals surface area contributed by atoms with Crippen molar-refractivity contribution in [2.45, 2.75) is 22.6 Å². The number of nitrogens with two attached hydrogens (primary N) is 1. The Balaban J connectivity index is 2.10. The van der Waals surface area contributed by atoms with Crippen molar-refractivity contribution in [2.24, 2.45) is 5.14 Å². The molecule has 0 bridgehead atoms. The maximum atomic E-state index is 12.0. The molecule has 0 atom stereocenters. The van der Waals surface area contributed by atoms with Crippen LogP contribution in [0.15, 0.2) is 39.6 Å². The number of benzene rings is 1. The average molecular weight is 347 g/mol. The van der Waals surface area contributed by atoms with Gasteiger partial charge in [0.15, 0.2) is 4.21 Å². The molecule has 7 nitrogen and oxygen atoms in total. The third-order valence-electron chi connectivity index (χ3n) is 2.58. The summed E-state index contributed by atoms with van der Waals surface area (Å²) >= 11 is 1.08. The third kappa shape index (κ3) is 4.08. The molecule has 0 saturated carbocycles. The highest BCUT2D eigenvalue weighted by molar-refractivity contribution is 7.91. The minimum atomic E-state index is -3.75. The molecule has 0 aliphatic heterocycles. The van der Waals surface area contributed by atoms with Gasteiger partial charge in [0.05, 0.1) is 16.1 Å². The molecular formula is C11H13N3O4S3. The number of aromatic nitrogens is 1. The largest absolute Gasteiger partial charge is 0.251 e. The van der Waals surface area contributed by atoms with Crippen molar-refractivity contribution in [3.63, 3.8) is 0 Å². The summed E-state index contributed by atoms with van der Waals surface area (Å²) in [5.41, 5.74) is 0.618. The first kappa shape index (κ1) is 16.0. The molecule has 0 aliphatic rings. The van der Waals surface area contributed by atoms with E-state index in [9.17, 15) is 16.8 Å². The van der Waals surface area contributed by atoms with Gasteiger partial charge < -0.3 is 0 Å². The summed E-state index contributed by atoms with van der Waals surface area (Å²) in [4.78, 5) is 3.87. The smallest absolute Gasteiger partial charge is 0.249 e. The number of nitrogens with one attached hydrogen (secondary N) is 1. The zero-order chi connectivity index (χ0) is 15.7. The van der Waals surface area contributed by atoms with Crippen molar-refractivity contribution < 1.29 is 16.8 Å². The molecule has 0 aliphatic carbocycles. The van der Waals surface area contributed by atoms with E-state index in [-0.39, 0.29) is 15.6 Å². The summed E-state index contributed by atoms with van der Waals surface area (Å²) in [6, 6.07) is 5.66. The van der Waals surface area contributed by atoms with E-state index in [1.165, 1.54) is 30.5 Å². The molecule has 0 amide bonds. The fourth-order valence-corrected chi connectivity index (χ4v) is 4.20. The molecule has 0 spiro atoms. The van der Waals surface area contributed by atoms with Gasteiger partial charge in [0.25, 0.3) is 10.0 Å². The maximum absolute atomic E-state index is 12.0. The number of nitrogens with zero attached hydrogens (tertiary/aromatic N) is 1. The monoisotopic (exact) mass is 347 g/mol. The molecule has 1 aromatic carbocycles. The lowest BCUT2D eigenvalue weighted by Crippen LogP contribution is -2.22. The molecule has 0 unspecified atom stereocenters. The minimum absolute atomic E-state index is 0.0211. The first-order valence-corrected chi connectivity index (χ1v) is 9.57. The molecular weight excluding hydrogens is 334 g/mol. The Morgan fingerprint density at radius 1 is 1.19 bits per heavy atom. The quantitative estimate of drug-likeness (QED) is 0.820. The van der Waals surface area contributed by atoms with E-state index >= 15 is 0 Å². The summed E-state index contributed by atoms with van der Waals surface area (Å²) in [5, 5.41) is 5.64. The van der Waals surface area contributed by atoms with E-state index < -0.39 is 20.0 Å². The molecule has 21 heavy (non-hydrogen) atoms.